The fourth-order valence-corrected chi connectivity index (χ4v) is 2.67. The number of nitrogens with zero attached hydrogens (tertiary/aromatic N) is 4. The number of aromatic nitrogens is 3. The molecule has 3 amide bonds. The highest BCUT2D eigenvalue weighted by atomic mass is 32.2. The van der Waals surface area contributed by atoms with Crippen LogP contribution in [0.15, 0.2) is 11.5 Å². The van der Waals surface area contributed by atoms with Gasteiger partial charge in [-0.25, -0.2) is 0 Å². The third-order valence-electron chi connectivity index (χ3n) is 2.72. The number of hydrogen-bond donors (Lipinski definition) is 1. The van der Waals surface area contributed by atoms with E-state index in [4.69, 9.17) is 0 Å². The third kappa shape index (κ3) is 3.35. The number of carbonyl (C=O) groups is 3. The molecular formula is C11H15N5O3S. The smallest absolute Gasteiger partial charge is 0.246 e. The molecule has 1 aromatic rings. The van der Waals surface area contributed by atoms with Crippen molar-refractivity contribution < 1.29 is 14.4 Å². The summed E-state index contributed by atoms with van der Waals surface area (Å²) >= 11 is 1.24. The Balaban J connectivity index is 1.93. The third-order valence-corrected chi connectivity index (χ3v) is 3.66. The Morgan fingerprint density at radius 1 is 1.40 bits per heavy atom. The van der Waals surface area contributed by atoms with E-state index in [0.29, 0.717) is 5.16 Å². The van der Waals surface area contributed by atoms with Crippen LogP contribution in [0.4, 0.5) is 0 Å². The van der Waals surface area contributed by atoms with Crippen LogP contribution in [-0.2, 0) is 14.4 Å². The van der Waals surface area contributed by atoms with Crippen molar-refractivity contribution in [3.05, 3.63) is 6.33 Å². The van der Waals surface area contributed by atoms with Crippen molar-refractivity contribution in [3.8, 4) is 0 Å². The Hall–Kier alpha value is -1.90. The van der Waals surface area contributed by atoms with Crippen LogP contribution in [0.3, 0.4) is 0 Å². The number of piperazine rings is 1. The van der Waals surface area contributed by atoms with E-state index in [9.17, 15) is 14.4 Å². The average molecular weight is 297 g/mol. The Morgan fingerprint density at radius 2 is 2.05 bits per heavy atom. The van der Waals surface area contributed by atoms with Gasteiger partial charge in [0.1, 0.15) is 19.4 Å². The predicted molar refractivity (Wildman–Crippen MR) is 70.9 cm³/mol. The Kier molecular flexibility index (Phi) is 4.38. The molecule has 1 aromatic heterocycles. The first kappa shape index (κ1) is 14.5. The molecule has 1 saturated heterocycles. The van der Waals surface area contributed by atoms with Crippen LogP contribution in [0.1, 0.15) is 19.9 Å². The highest BCUT2D eigenvalue weighted by Crippen LogP contribution is 2.19. The summed E-state index contributed by atoms with van der Waals surface area (Å²) in [4.78, 5) is 35.6. The first-order valence-corrected chi connectivity index (χ1v) is 7.08. The maximum atomic E-state index is 12.0. The Labute approximate surface area is 119 Å². The zero-order chi connectivity index (χ0) is 14.7. The summed E-state index contributed by atoms with van der Waals surface area (Å²) in [7, 11) is 0. The first-order valence-electron chi connectivity index (χ1n) is 6.10. The summed E-state index contributed by atoms with van der Waals surface area (Å²) in [6, 6.07) is 0.199. The van der Waals surface area contributed by atoms with Crippen molar-refractivity contribution in [1.29, 1.82) is 0 Å². The van der Waals surface area contributed by atoms with E-state index in [-0.39, 0.29) is 30.8 Å². The summed E-state index contributed by atoms with van der Waals surface area (Å²) in [6.07, 6.45) is 1.61. The molecule has 1 fully saturated rings. The molecule has 0 saturated carbocycles. The molecule has 108 valence electrons. The van der Waals surface area contributed by atoms with E-state index in [1.54, 1.807) is 6.33 Å². The van der Waals surface area contributed by atoms with Crippen LogP contribution in [0, 0.1) is 0 Å². The molecule has 1 aliphatic rings. The van der Waals surface area contributed by atoms with Gasteiger partial charge < -0.3 is 9.47 Å². The molecule has 0 radical (unpaired) electrons. The van der Waals surface area contributed by atoms with Gasteiger partial charge in [0.2, 0.25) is 17.7 Å². The molecule has 8 nitrogen and oxygen atoms in total. The summed E-state index contributed by atoms with van der Waals surface area (Å²) in [5, 5.41) is 10.5. The number of nitrogens with one attached hydrogen (secondary N) is 1. The monoisotopic (exact) mass is 297 g/mol. The summed E-state index contributed by atoms with van der Waals surface area (Å²) in [5.74, 6) is -1.06. The molecule has 0 unspecified atom stereocenters. The van der Waals surface area contributed by atoms with Crippen LogP contribution in [-0.4, -0.2) is 56.2 Å². The van der Waals surface area contributed by atoms with Crippen LogP contribution in [0.25, 0.3) is 0 Å². The van der Waals surface area contributed by atoms with Crippen LogP contribution in [0.2, 0.25) is 0 Å². The second-order valence-electron chi connectivity index (χ2n) is 4.62. The largest absolute Gasteiger partial charge is 0.323 e. The van der Waals surface area contributed by atoms with Gasteiger partial charge in [-0.3, -0.25) is 19.7 Å². The number of rotatable bonds is 4. The van der Waals surface area contributed by atoms with Crippen LogP contribution >= 0.6 is 11.8 Å². The van der Waals surface area contributed by atoms with E-state index >= 15 is 0 Å². The van der Waals surface area contributed by atoms with Gasteiger partial charge in [0.15, 0.2) is 5.16 Å². The molecule has 0 spiro atoms. The Morgan fingerprint density at radius 3 is 2.65 bits per heavy atom. The van der Waals surface area contributed by atoms with Crippen molar-refractivity contribution >= 4 is 29.5 Å². The second kappa shape index (κ2) is 6.04. The van der Waals surface area contributed by atoms with Crippen LogP contribution < -0.4 is 5.32 Å². The fraction of sp³-hybridized carbons (Fsp3) is 0.545. The van der Waals surface area contributed by atoms with Gasteiger partial charge in [0.25, 0.3) is 0 Å². The van der Waals surface area contributed by atoms with Crippen molar-refractivity contribution in [1.82, 2.24) is 25.0 Å². The zero-order valence-corrected chi connectivity index (χ0v) is 12.0. The molecule has 0 atom stereocenters. The van der Waals surface area contributed by atoms with Crippen molar-refractivity contribution in [3.63, 3.8) is 0 Å². The number of hydrogen-bond acceptors (Lipinski definition) is 6. The van der Waals surface area contributed by atoms with Gasteiger partial charge in [-0.15, -0.1) is 10.2 Å². The standard InChI is InChI=1S/C11H15N5O3S/c1-7(2)16-6-12-14-11(16)20-5-10(19)15-3-8(17)13-9(18)4-15/h6-7H,3-5H2,1-2H3,(H,13,17,18). The lowest BCUT2D eigenvalue weighted by Crippen LogP contribution is -2.53. The van der Waals surface area contributed by atoms with Crippen molar-refractivity contribution in [2.75, 3.05) is 18.8 Å². The highest BCUT2D eigenvalue weighted by molar-refractivity contribution is 7.99. The quantitative estimate of drug-likeness (QED) is 0.591. The number of carbonyl (C=O) groups excluding carboxylic acids is 3. The lowest BCUT2D eigenvalue weighted by molar-refractivity contribution is -0.144. The second-order valence-corrected chi connectivity index (χ2v) is 5.57. The molecule has 9 heteroatoms. The lowest BCUT2D eigenvalue weighted by atomic mass is 10.3. The minimum Gasteiger partial charge on any atom is -0.323 e. The topological polar surface area (TPSA) is 97.2 Å². The van der Waals surface area contributed by atoms with E-state index in [2.05, 4.69) is 15.5 Å². The van der Waals surface area contributed by atoms with E-state index in [1.807, 2.05) is 18.4 Å². The fourth-order valence-electron chi connectivity index (χ4n) is 1.72. The number of thioether (sulfide) groups is 1. The van der Waals surface area contributed by atoms with Crippen molar-refractivity contribution in [2.45, 2.75) is 25.0 Å². The van der Waals surface area contributed by atoms with Gasteiger partial charge in [-0.05, 0) is 13.8 Å². The molecule has 20 heavy (non-hydrogen) atoms. The van der Waals surface area contributed by atoms with E-state index in [1.165, 1.54) is 16.7 Å². The SMILES string of the molecule is CC(C)n1cnnc1SCC(=O)N1CC(=O)NC(=O)C1. The average Bonchev–Trinajstić information content (AvgIpc) is 2.83. The predicted octanol–water partition coefficient (Wildman–Crippen LogP) is -0.564. The normalized spacial score (nSPS) is 15.7. The van der Waals surface area contributed by atoms with Gasteiger partial charge in [0.05, 0.1) is 5.75 Å². The van der Waals surface area contributed by atoms with Gasteiger partial charge in [-0.2, -0.15) is 0 Å². The first-order chi connectivity index (χ1) is 9.47. The highest BCUT2D eigenvalue weighted by Gasteiger charge is 2.26. The molecule has 2 rings (SSSR count). The summed E-state index contributed by atoms with van der Waals surface area (Å²) in [6.45, 7) is 3.82. The molecule has 0 aromatic carbocycles. The van der Waals surface area contributed by atoms with Gasteiger partial charge >= 0.3 is 0 Å². The van der Waals surface area contributed by atoms with Gasteiger partial charge in [0, 0.05) is 6.04 Å². The van der Waals surface area contributed by atoms with E-state index in [0.717, 1.165) is 0 Å². The lowest BCUT2D eigenvalue weighted by Gasteiger charge is -2.25. The maximum Gasteiger partial charge on any atom is 0.246 e. The number of amides is 3. The minimum atomic E-state index is -0.454. The molecular weight excluding hydrogens is 282 g/mol. The Bertz CT molecular complexity index is 526. The number of imide groups is 1. The molecule has 0 aliphatic carbocycles. The molecule has 1 aliphatic heterocycles. The molecule has 2 heterocycles. The molecule has 1 N–H and O–H groups in total. The molecule has 0 bridgehead atoms. The zero-order valence-electron chi connectivity index (χ0n) is 11.2. The van der Waals surface area contributed by atoms with E-state index < -0.39 is 11.8 Å². The van der Waals surface area contributed by atoms with Crippen molar-refractivity contribution in [2.24, 2.45) is 0 Å². The van der Waals surface area contributed by atoms with Gasteiger partial charge in [-0.1, -0.05) is 11.8 Å². The minimum absolute atomic E-state index is 0.0813. The maximum absolute atomic E-state index is 12.0. The summed E-state index contributed by atoms with van der Waals surface area (Å²) in [5.41, 5.74) is 0. The summed E-state index contributed by atoms with van der Waals surface area (Å²) < 4.78 is 1.85. The van der Waals surface area contributed by atoms with Crippen LogP contribution in [0.5, 0.6) is 0 Å².